The van der Waals surface area contributed by atoms with Gasteiger partial charge in [-0.1, -0.05) is 11.8 Å². The highest BCUT2D eigenvalue weighted by Crippen LogP contribution is 2.25. The molecule has 0 atom stereocenters. The number of aromatic nitrogens is 1. The lowest BCUT2D eigenvalue weighted by Crippen LogP contribution is -1.92. The van der Waals surface area contributed by atoms with Crippen LogP contribution in [-0.4, -0.2) is 11.5 Å². The molecular formula is C13H11BrN2S2. The van der Waals surface area contributed by atoms with Crippen molar-refractivity contribution in [3.05, 3.63) is 44.7 Å². The van der Waals surface area contributed by atoms with Crippen LogP contribution in [0.25, 0.3) is 0 Å². The molecule has 0 spiro atoms. The largest absolute Gasteiger partial charge is 0.320 e. The van der Waals surface area contributed by atoms with E-state index in [-0.39, 0.29) is 0 Å². The molecule has 0 unspecified atom stereocenters. The highest BCUT2D eigenvalue weighted by atomic mass is 79.9. The first-order valence-electron chi connectivity index (χ1n) is 5.30. The third-order valence-electron chi connectivity index (χ3n) is 2.04. The summed E-state index contributed by atoms with van der Waals surface area (Å²) in [5.41, 5.74) is 5.34. The second-order valence-electron chi connectivity index (χ2n) is 3.38. The number of hydrogen-bond donors (Lipinski definition) is 1. The summed E-state index contributed by atoms with van der Waals surface area (Å²) in [6.45, 7) is 0.408. The first-order chi connectivity index (χ1) is 8.78. The topological polar surface area (TPSA) is 38.9 Å². The maximum absolute atomic E-state index is 5.34. The van der Waals surface area contributed by atoms with E-state index < -0.39 is 0 Å². The number of thiophene rings is 1. The molecule has 5 heteroatoms. The van der Waals surface area contributed by atoms with Gasteiger partial charge in [-0.25, -0.2) is 4.98 Å². The summed E-state index contributed by atoms with van der Waals surface area (Å²) < 4.78 is 1.00. The minimum Gasteiger partial charge on any atom is -0.320 e. The molecule has 0 aliphatic rings. The van der Waals surface area contributed by atoms with Gasteiger partial charge in [-0.15, -0.1) is 23.1 Å². The van der Waals surface area contributed by atoms with Crippen LogP contribution in [0.1, 0.15) is 9.75 Å². The van der Waals surface area contributed by atoms with Crippen molar-refractivity contribution < 1.29 is 0 Å². The molecule has 0 radical (unpaired) electrons. The number of halogens is 1. The zero-order valence-corrected chi connectivity index (χ0v) is 12.7. The van der Waals surface area contributed by atoms with Crippen molar-refractivity contribution in [1.82, 2.24) is 4.98 Å². The van der Waals surface area contributed by atoms with Crippen LogP contribution in [0.5, 0.6) is 0 Å². The number of nitrogens with zero attached hydrogens (tertiary/aromatic N) is 1. The molecule has 2 rings (SSSR count). The van der Waals surface area contributed by atoms with E-state index in [1.54, 1.807) is 23.1 Å². The molecule has 0 fully saturated rings. The van der Waals surface area contributed by atoms with E-state index >= 15 is 0 Å². The van der Waals surface area contributed by atoms with Crippen LogP contribution in [0.2, 0.25) is 0 Å². The highest BCUT2D eigenvalue weighted by Gasteiger charge is 2.01. The fourth-order valence-corrected chi connectivity index (χ4v) is 3.26. The fraction of sp³-hybridized carbons (Fsp3) is 0.154. The molecule has 0 aromatic carbocycles. The van der Waals surface area contributed by atoms with E-state index in [1.165, 1.54) is 4.88 Å². The molecule has 0 saturated carbocycles. The summed E-state index contributed by atoms with van der Waals surface area (Å²) in [6, 6.07) is 8.16. The van der Waals surface area contributed by atoms with Crippen molar-refractivity contribution in [2.24, 2.45) is 5.73 Å². The van der Waals surface area contributed by atoms with E-state index in [1.807, 2.05) is 24.4 Å². The average molecular weight is 339 g/mol. The van der Waals surface area contributed by atoms with Gasteiger partial charge in [-0.2, -0.15) is 0 Å². The highest BCUT2D eigenvalue weighted by molar-refractivity contribution is 9.10. The summed E-state index contributed by atoms with van der Waals surface area (Å²) in [7, 11) is 0. The van der Waals surface area contributed by atoms with Crippen LogP contribution in [0, 0.1) is 11.8 Å². The monoisotopic (exact) mass is 338 g/mol. The Balaban J connectivity index is 1.94. The predicted octanol–water partition coefficient (Wildman–Crippen LogP) is 3.51. The third-order valence-corrected chi connectivity index (χ3v) is 4.68. The number of thioether (sulfide) groups is 1. The van der Waals surface area contributed by atoms with Gasteiger partial charge < -0.3 is 5.73 Å². The van der Waals surface area contributed by atoms with Gasteiger partial charge in [0, 0.05) is 21.3 Å². The Morgan fingerprint density at radius 2 is 2.22 bits per heavy atom. The Bertz CT molecular complexity index is 567. The van der Waals surface area contributed by atoms with E-state index in [4.69, 9.17) is 5.73 Å². The first-order valence-corrected chi connectivity index (χ1v) is 7.89. The molecule has 92 valence electrons. The molecule has 0 saturated heterocycles. The molecule has 2 N–H and O–H groups in total. The Hall–Kier alpha value is -0.800. The van der Waals surface area contributed by atoms with E-state index in [2.05, 4.69) is 38.8 Å². The average Bonchev–Trinajstić information content (AvgIpc) is 2.84. The summed E-state index contributed by atoms with van der Waals surface area (Å²) in [5, 5.41) is 1.03. The lowest BCUT2D eigenvalue weighted by atomic mass is 10.4. The molecule has 0 amide bonds. The van der Waals surface area contributed by atoms with Crippen LogP contribution in [0.3, 0.4) is 0 Å². The van der Waals surface area contributed by atoms with Gasteiger partial charge in [0.1, 0.15) is 0 Å². The Labute approximate surface area is 123 Å². The summed E-state index contributed by atoms with van der Waals surface area (Å²) in [6.07, 6.45) is 1.81. The van der Waals surface area contributed by atoms with E-state index in [0.29, 0.717) is 6.54 Å². The van der Waals surface area contributed by atoms with Crippen molar-refractivity contribution in [3.63, 3.8) is 0 Å². The number of nitrogens with two attached hydrogens (primary N) is 1. The van der Waals surface area contributed by atoms with Gasteiger partial charge in [0.25, 0.3) is 0 Å². The number of hydrogen-bond acceptors (Lipinski definition) is 4. The Morgan fingerprint density at radius 1 is 1.33 bits per heavy atom. The second kappa shape index (κ2) is 6.95. The molecule has 2 aromatic rings. The van der Waals surface area contributed by atoms with Crippen LogP contribution >= 0.6 is 39.0 Å². The normalized spacial score (nSPS) is 9.89. The molecule has 18 heavy (non-hydrogen) atoms. The van der Waals surface area contributed by atoms with Crippen molar-refractivity contribution in [1.29, 1.82) is 0 Å². The van der Waals surface area contributed by atoms with Crippen LogP contribution < -0.4 is 5.73 Å². The molecular weight excluding hydrogens is 328 g/mol. The van der Waals surface area contributed by atoms with Gasteiger partial charge >= 0.3 is 0 Å². The van der Waals surface area contributed by atoms with Crippen molar-refractivity contribution in [2.75, 3.05) is 6.54 Å². The maximum atomic E-state index is 5.34. The zero-order valence-electron chi connectivity index (χ0n) is 9.52. The van der Waals surface area contributed by atoms with Crippen molar-refractivity contribution in [2.45, 2.75) is 10.8 Å². The van der Waals surface area contributed by atoms with Gasteiger partial charge in [-0.3, -0.25) is 0 Å². The molecule has 2 aromatic heterocycles. The molecule has 2 nitrogen and oxygen atoms in total. The number of rotatable bonds is 3. The maximum Gasteiger partial charge on any atom is 0.0964 e. The number of pyridine rings is 1. The SMILES string of the molecule is NCC#Cc1ccc(CSc2ccc(Br)cn2)s1. The molecule has 0 aliphatic carbocycles. The second-order valence-corrected chi connectivity index (χ2v) is 6.45. The first kappa shape index (κ1) is 13.6. The zero-order chi connectivity index (χ0) is 12.8. The lowest BCUT2D eigenvalue weighted by Gasteiger charge is -1.98. The minimum absolute atomic E-state index is 0.408. The third kappa shape index (κ3) is 4.14. The molecule has 2 heterocycles. The smallest absolute Gasteiger partial charge is 0.0964 e. The van der Waals surface area contributed by atoms with E-state index in [9.17, 15) is 0 Å². The fourth-order valence-electron chi connectivity index (χ4n) is 1.25. The van der Waals surface area contributed by atoms with Gasteiger partial charge in [0.15, 0.2) is 0 Å². The quantitative estimate of drug-likeness (QED) is 0.687. The van der Waals surface area contributed by atoms with Gasteiger partial charge in [-0.05, 0) is 40.2 Å². The van der Waals surface area contributed by atoms with Crippen LogP contribution in [-0.2, 0) is 5.75 Å². The Kier molecular flexibility index (Phi) is 5.26. The summed E-state index contributed by atoms with van der Waals surface area (Å²) in [4.78, 5) is 6.69. The summed E-state index contributed by atoms with van der Waals surface area (Å²) in [5.74, 6) is 6.82. The Morgan fingerprint density at radius 3 is 2.94 bits per heavy atom. The van der Waals surface area contributed by atoms with Crippen molar-refractivity contribution in [3.8, 4) is 11.8 Å². The lowest BCUT2D eigenvalue weighted by molar-refractivity contribution is 1.12. The standard InChI is InChI=1S/C13H11BrN2S2/c14-10-3-6-13(16-8-10)17-9-12-5-4-11(18-12)2-1-7-15/h3-6,8H,7,9,15H2. The van der Waals surface area contributed by atoms with Gasteiger partial charge in [0.05, 0.1) is 16.4 Å². The van der Waals surface area contributed by atoms with Crippen LogP contribution in [0.15, 0.2) is 40.0 Å². The predicted molar refractivity (Wildman–Crippen MR) is 81.7 cm³/mol. The van der Waals surface area contributed by atoms with Crippen LogP contribution in [0.4, 0.5) is 0 Å². The summed E-state index contributed by atoms with van der Waals surface area (Å²) >= 11 is 6.81. The minimum atomic E-state index is 0.408. The molecule has 0 bridgehead atoms. The van der Waals surface area contributed by atoms with Gasteiger partial charge in [0.2, 0.25) is 0 Å². The molecule has 0 aliphatic heterocycles. The van der Waals surface area contributed by atoms with E-state index in [0.717, 1.165) is 20.1 Å². The van der Waals surface area contributed by atoms with Crippen molar-refractivity contribution >= 4 is 39.0 Å².